The molecule has 0 spiro atoms. The van der Waals surface area contributed by atoms with Crippen LogP contribution in [0.15, 0.2) is 10.5 Å². The van der Waals surface area contributed by atoms with Crippen molar-refractivity contribution in [2.75, 3.05) is 0 Å². The Morgan fingerprint density at radius 3 is 2.55 bits per heavy atom. The summed E-state index contributed by atoms with van der Waals surface area (Å²) >= 11 is 6.14. The van der Waals surface area contributed by atoms with Crippen molar-refractivity contribution in [2.24, 2.45) is 7.05 Å². The van der Waals surface area contributed by atoms with E-state index in [1.807, 2.05) is 38.6 Å². The van der Waals surface area contributed by atoms with Crippen molar-refractivity contribution >= 4 is 11.6 Å². The topological polar surface area (TPSA) is 74.6 Å². The van der Waals surface area contributed by atoms with Gasteiger partial charge in [-0.2, -0.15) is 10.2 Å². The lowest BCUT2D eigenvalue weighted by Crippen LogP contribution is -2.05. The van der Waals surface area contributed by atoms with Gasteiger partial charge in [0.15, 0.2) is 0 Å². The average Bonchev–Trinajstić information content (AvgIpc) is 3.12. The Hall–Kier alpha value is -2.15. The van der Waals surface area contributed by atoms with Gasteiger partial charge in [-0.05, 0) is 26.8 Å². The summed E-state index contributed by atoms with van der Waals surface area (Å²) in [4.78, 5) is 0. The highest BCUT2D eigenvalue weighted by atomic mass is 35.5. The van der Waals surface area contributed by atoms with Gasteiger partial charge in [-0.15, -0.1) is 10.2 Å². The Morgan fingerprint density at radius 1 is 1.18 bits per heavy atom. The van der Waals surface area contributed by atoms with Gasteiger partial charge in [0.05, 0.1) is 22.1 Å². The van der Waals surface area contributed by atoms with Crippen molar-refractivity contribution < 1.29 is 4.42 Å². The monoisotopic (exact) mass is 320 g/mol. The molecule has 3 rings (SSSR count). The average molecular weight is 321 g/mol. The number of rotatable bonds is 4. The first-order valence-corrected chi connectivity index (χ1v) is 7.36. The fraction of sp³-hybridized carbons (Fsp3) is 0.429. The molecule has 0 atom stereocenters. The minimum Gasteiger partial charge on any atom is -0.419 e. The zero-order valence-electron chi connectivity index (χ0n) is 13.0. The lowest BCUT2D eigenvalue weighted by molar-refractivity contribution is 0.468. The molecule has 7 nitrogen and oxygen atoms in total. The van der Waals surface area contributed by atoms with Crippen LogP contribution in [0, 0.1) is 20.8 Å². The van der Waals surface area contributed by atoms with Crippen LogP contribution in [0.25, 0.3) is 11.6 Å². The van der Waals surface area contributed by atoms with Gasteiger partial charge >= 0.3 is 0 Å². The molecule has 0 radical (unpaired) electrons. The lowest BCUT2D eigenvalue weighted by atomic mass is 10.3. The molecule has 0 saturated heterocycles. The van der Waals surface area contributed by atoms with E-state index in [-0.39, 0.29) is 0 Å². The SMILES string of the molecule is Cc1cc(-c2nnc(CCn3nc(C)c(Cl)c3C)o2)n(C)n1. The molecule has 0 bridgehead atoms. The normalized spacial score (nSPS) is 11.3. The molecule has 0 aliphatic heterocycles. The van der Waals surface area contributed by atoms with Crippen LogP contribution in [-0.2, 0) is 20.0 Å². The molecule has 0 aliphatic rings. The van der Waals surface area contributed by atoms with Crippen molar-refractivity contribution in [1.82, 2.24) is 29.8 Å². The summed E-state index contributed by atoms with van der Waals surface area (Å²) < 4.78 is 9.29. The second-order valence-corrected chi connectivity index (χ2v) is 5.63. The summed E-state index contributed by atoms with van der Waals surface area (Å²) in [5, 5.41) is 17.5. The molecule has 0 amide bonds. The smallest absolute Gasteiger partial charge is 0.265 e. The van der Waals surface area contributed by atoms with Gasteiger partial charge in [-0.3, -0.25) is 9.36 Å². The lowest BCUT2D eigenvalue weighted by Gasteiger charge is -2.01. The number of nitrogens with zero attached hydrogens (tertiary/aromatic N) is 6. The van der Waals surface area contributed by atoms with E-state index in [2.05, 4.69) is 20.4 Å². The molecule has 0 saturated carbocycles. The first-order chi connectivity index (χ1) is 10.5. The second-order valence-electron chi connectivity index (χ2n) is 5.25. The van der Waals surface area contributed by atoms with E-state index in [4.69, 9.17) is 16.0 Å². The molecule has 3 heterocycles. The van der Waals surface area contributed by atoms with Crippen LogP contribution >= 0.6 is 11.6 Å². The molecule has 0 aliphatic carbocycles. The molecular formula is C14H17ClN6O. The molecule has 3 aromatic heterocycles. The van der Waals surface area contributed by atoms with E-state index in [1.54, 1.807) is 4.68 Å². The number of hydrogen-bond donors (Lipinski definition) is 0. The minimum absolute atomic E-state index is 0.476. The predicted molar refractivity (Wildman–Crippen MR) is 81.7 cm³/mol. The Bertz CT molecular complexity index is 816. The summed E-state index contributed by atoms with van der Waals surface area (Å²) in [6.45, 7) is 6.40. The van der Waals surface area contributed by atoms with Crippen LogP contribution in [0.1, 0.15) is 23.0 Å². The number of aryl methyl sites for hydroxylation is 5. The van der Waals surface area contributed by atoms with Crippen molar-refractivity contribution in [3.8, 4) is 11.6 Å². The molecule has 0 aromatic carbocycles. The Balaban J connectivity index is 1.75. The van der Waals surface area contributed by atoms with E-state index >= 15 is 0 Å². The quantitative estimate of drug-likeness (QED) is 0.738. The largest absolute Gasteiger partial charge is 0.419 e. The van der Waals surface area contributed by atoms with Gasteiger partial charge < -0.3 is 4.42 Å². The highest BCUT2D eigenvalue weighted by molar-refractivity contribution is 6.31. The summed E-state index contributed by atoms with van der Waals surface area (Å²) in [5.74, 6) is 1.04. The van der Waals surface area contributed by atoms with E-state index < -0.39 is 0 Å². The Labute approximate surface area is 132 Å². The van der Waals surface area contributed by atoms with Crippen LogP contribution in [0.4, 0.5) is 0 Å². The summed E-state index contributed by atoms with van der Waals surface area (Å²) in [5.41, 5.74) is 3.50. The fourth-order valence-corrected chi connectivity index (χ4v) is 2.50. The maximum atomic E-state index is 6.14. The Morgan fingerprint density at radius 2 is 1.95 bits per heavy atom. The molecular weight excluding hydrogens is 304 g/mol. The van der Waals surface area contributed by atoms with Crippen molar-refractivity contribution in [2.45, 2.75) is 33.7 Å². The highest BCUT2D eigenvalue weighted by Crippen LogP contribution is 2.20. The Kier molecular flexibility index (Phi) is 3.74. The summed E-state index contributed by atoms with van der Waals surface area (Å²) in [7, 11) is 1.85. The van der Waals surface area contributed by atoms with Gasteiger partial charge in [0, 0.05) is 20.0 Å². The number of hydrogen-bond acceptors (Lipinski definition) is 5. The van der Waals surface area contributed by atoms with Crippen molar-refractivity contribution in [3.05, 3.63) is 34.1 Å². The maximum Gasteiger partial charge on any atom is 0.265 e. The third-order valence-corrected chi connectivity index (χ3v) is 4.07. The van der Waals surface area contributed by atoms with E-state index in [9.17, 15) is 0 Å². The maximum absolute atomic E-state index is 6.14. The van der Waals surface area contributed by atoms with Crippen LogP contribution in [0.3, 0.4) is 0 Å². The molecule has 0 unspecified atom stereocenters. The molecule has 0 N–H and O–H groups in total. The fourth-order valence-electron chi connectivity index (χ4n) is 2.36. The number of aromatic nitrogens is 6. The summed E-state index contributed by atoms with van der Waals surface area (Å²) in [6.07, 6.45) is 0.599. The molecule has 116 valence electrons. The third kappa shape index (κ3) is 2.64. The van der Waals surface area contributed by atoms with Crippen LogP contribution in [-0.4, -0.2) is 29.8 Å². The van der Waals surface area contributed by atoms with Crippen molar-refractivity contribution in [3.63, 3.8) is 0 Å². The van der Waals surface area contributed by atoms with Gasteiger partial charge in [-0.1, -0.05) is 11.6 Å². The van der Waals surface area contributed by atoms with Crippen LogP contribution in [0.5, 0.6) is 0 Å². The van der Waals surface area contributed by atoms with E-state index in [0.29, 0.717) is 29.8 Å². The molecule has 3 aromatic rings. The van der Waals surface area contributed by atoms with Crippen LogP contribution in [0.2, 0.25) is 5.02 Å². The first kappa shape index (κ1) is 14.8. The minimum atomic E-state index is 0.476. The van der Waals surface area contributed by atoms with Gasteiger partial charge in [0.2, 0.25) is 5.89 Å². The van der Waals surface area contributed by atoms with Gasteiger partial charge in [0.1, 0.15) is 5.69 Å². The predicted octanol–water partition coefficient (Wildman–Crippen LogP) is 2.49. The van der Waals surface area contributed by atoms with Crippen LogP contribution < -0.4 is 0 Å². The van der Waals surface area contributed by atoms with Gasteiger partial charge in [-0.25, -0.2) is 0 Å². The highest BCUT2D eigenvalue weighted by Gasteiger charge is 2.14. The van der Waals surface area contributed by atoms with Gasteiger partial charge in [0.25, 0.3) is 5.89 Å². The van der Waals surface area contributed by atoms with E-state index in [0.717, 1.165) is 22.8 Å². The standard InChI is InChI=1S/C14H17ClN6O/c1-8-7-11(20(4)18-8)14-17-16-12(22-14)5-6-21-10(3)13(15)9(2)19-21/h7H,5-6H2,1-4H3. The zero-order valence-corrected chi connectivity index (χ0v) is 13.7. The third-order valence-electron chi connectivity index (χ3n) is 3.52. The zero-order chi connectivity index (χ0) is 15.9. The molecule has 0 fully saturated rings. The second kappa shape index (κ2) is 5.57. The molecule has 8 heteroatoms. The number of halogens is 1. The molecule has 22 heavy (non-hydrogen) atoms. The van der Waals surface area contributed by atoms with E-state index in [1.165, 1.54) is 0 Å². The first-order valence-electron chi connectivity index (χ1n) is 6.98. The van der Waals surface area contributed by atoms with Crippen molar-refractivity contribution in [1.29, 1.82) is 0 Å². The summed E-state index contributed by atoms with van der Waals surface area (Å²) in [6, 6.07) is 1.91.